The van der Waals surface area contributed by atoms with Gasteiger partial charge in [-0.15, -0.1) is 0 Å². The molecule has 0 unspecified atom stereocenters. The average Bonchev–Trinajstić information content (AvgIpc) is 2.39. The first kappa shape index (κ1) is 14.3. The monoisotopic (exact) mass is 279 g/mol. The average molecular weight is 279 g/mol. The molecule has 108 valence electrons. The summed E-state index contributed by atoms with van der Waals surface area (Å²) in [4.78, 5) is 24.7. The standard InChI is InChI=1S/C13H17N3O4/c1-10-8-14(6-7-15(10)13(17)18)9-11-2-4-12(5-3-11)16(19)20/h2-5,10H,6-9H2,1H3,(H,17,18)/t10-/m1/s1. The van der Waals surface area contributed by atoms with Gasteiger partial charge in [0.15, 0.2) is 0 Å². The number of carbonyl (C=O) groups is 1. The van der Waals surface area contributed by atoms with Gasteiger partial charge in [-0.3, -0.25) is 15.0 Å². The first-order valence-electron chi connectivity index (χ1n) is 6.42. The summed E-state index contributed by atoms with van der Waals surface area (Å²) in [5, 5.41) is 19.6. The van der Waals surface area contributed by atoms with Crippen molar-refractivity contribution in [1.29, 1.82) is 0 Å². The number of nitro groups is 1. The normalized spacial score (nSPS) is 19.9. The van der Waals surface area contributed by atoms with Crippen LogP contribution in [0.3, 0.4) is 0 Å². The third-order valence-corrected chi connectivity index (χ3v) is 3.51. The maximum absolute atomic E-state index is 11.0. The smallest absolute Gasteiger partial charge is 0.407 e. The lowest BCUT2D eigenvalue weighted by molar-refractivity contribution is -0.384. The molecule has 1 amide bonds. The van der Waals surface area contributed by atoms with Crippen LogP contribution < -0.4 is 0 Å². The molecule has 0 aliphatic carbocycles. The number of benzene rings is 1. The number of nitro benzene ring substituents is 1. The quantitative estimate of drug-likeness (QED) is 0.673. The van der Waals surface area contributed by atoms with Crippen LogP contribution in [0.1, 0.15) is 12.5 Å². The number of hydrogen-bond donors (Lipinski definition) is 1. The van der Waals surface area contributed by atoms with E-state index in [1.165, 1.54) is 17.0 Å². The van der Waals surface area contributed by atoms with Crippen molar-refractivity contribution in [2.45, 2.75) is 19.5 Å². The number of carboxylic acid groups (broad SMARTS) is 1. The number of non-ortho nitro benzene ring substituents is 1. The minimum atomic E-state index is -0.882. The maximum atomic E-state index is 11.0. The van der Waals surface area contributed by atoms with Crippen molar-refractivity contribution in [3.05, 3.63) is 39.9 Å². The van der Waals surface area contributed by atoms with Crippen molar-refractivity contribution in [2.24, 2.45) is 0 Å². The SMILES string of the molecule is C[C@@H]1CN(Cc2ccc([N+](=O)[O-])cc2)CCN1C(=O)O. The third-order valence-electron chi connectivity index (χ3n) is 3.51. The molecule has 1 aromatic rings. The molecule has 0 radical (unpaired) electrons. The van der Waals surface area contributed by atoms with E-state index in [4.69, 9.17) is 5.11 Å². The van der Waals surface area contributed by atoms with Gasteiger partial charge in [-0.1, -0.05) is 12.1 Å². The fourth-order valence-corrected chi connectivity index (χ4v) is 2.44. The van der Waals surface area contributed by atoms with E-state index in [0.717, 1.165) is 5.56 Å². The zero-order chi connectivity index (χ0) is 14.7. The van der Waals surface area contributed by atoms with Crippen LogP contribution in [0.2, 0.25) is 0 Å². The highest BCUT2D eigenvalue weighted by Gasteiger charge is 2.26. The molecule has 1 heterocycles. The van der Waals surface area contributed by atoms with Gasteiger partial charge >= 0.3 is 6.09 Å². The van der Waals surface area contributed by atoms with E-state index in [0.29, 0.717) is 26.2 Å². The summed E-state index contributed by atoms with van der Waals surface area (Å²) in [6.07, 6.45) is -0.882. The van der Waals surface area contributed by atoms with Crippen LogP contribution in [0, 0.1) is 10.1 Å². The minimum absolute atomic E-state index is 0.0423. The Labute approximate surface area is 116 Å². The van der Waals surface area contributed by atoms with Crippen LogP contribution in [0.4, 0.5) is 10.5 Å². The molecule has 1 aromatic carbocycles. The molecular formula is C13H17N3O4. The Bertz CT molecular complexity index is 503. The molecule has 7 heteroatoms. The van der Waals surface area contributed by atoms with Crippen LogP contribution in [-0.4, -0.2) is 51.6 Å². The highest BCUT2D eigenvalue weighted by molar-refractivity contribution is 5.65. The van der Waals surface area contributed by atoms with Crippen LogP contribution in [-0.2, 0) is 6.54 Å². The third kappa shape index (κ3) is 3.24. The van der Waals surface area contributed by atoms with E-state index in [1.807, 2.05) is 6.92 Å². The molecule has 7 nitrogen and oxygen atoms in total. The first-order valence-corrected chi connectivity index (χ1v) is 6.42. The van der Waals surface area contributed by atoms with Gasteiger partial charge in [0.2, 0.25) is 0 Å². The topological polar surface area (TPSA) is 86.9 Å². The Morgan fingerprint density at radius 3 is 2.55 bits per heavy atom. The van der Waals surface area contributed by atoms with Crippen molar-refractivity contribution in [2.75, 3.05) is 19.6 Å². The fourth-order valence-electron chi connectivity index (χ4n) is 2.44. The Hall–Kier alpha value is -2.15. The maximum Gasteiger partial charge on any atom is 0.407 e. The highest BCUT2D eigenvalue weighted by Crippen LogP contribution is 2.16. The molecule has 20 heavy (non-hydrogen) atoms. The molecule has 2 rings (SSSR count). The number of hydrogen-bond acceptors (Lipinski definition) is 4. The van der Waals surface area contributed by atoms with Gasteiger partial charge in [0, 0.05) is 44.4 Å². The lowest BCUT2D eigenvalue weighted by atomic mass is 10.1. The molecule has 1 atom stereocenters. The van der Waals surface area contributed by atoms with E-state index in [-0.39, 0.29) is 11.7 Å². The second kappa shape index (κ2) is 5.87. The summed E-state index contributed by atoms with van der Waals surface area (Å²) < 4.78 is 0. The van der Waals surface area contributed by atoms with E-state index < -0.39 is 11.0 Å². The van der Waals surface area contributed by atoms with E-state index in [2.05, 4.69) is 4.90 Å². The van der Waals surface area contributed by atoms with E-state index in [9.17, 15) is 14.9 Å². The summed E-state index contributed by atoms with van der Waals surface area (Å²) in [6, 6.07) is 6.43. The molecule has 0 aromatic heterocycles. The Balaban J connectivity index is 1.94. The van der Waals surface area contributed by atoms with Gasteiger partial charge in [0.05, 0.1) is 4.92 Å². The zero-order valence-electron chi connectivity index (χ0n) is 11.2. The molecule has 0 saturated carbocycles. The molecule has 0 bridgehead atoms. The number of amides is 1. The Morgan fingerprint density at radius 2 is 2.05 bits per heavy atom. The molecular weight excluding hydrogens is 262 g/mol. The van der Waals surface area contributed by atoms with Crippen molar-refractivity contribution in [1.82, 2.24) is 9.80 Å². The Kier molecular flexibility index (Phi) is 4.19. The van der Waals surface area contributed by atoms with Gasteiger partial charge in [-0.05, 0) is 12.5 Å². The molecule has 1 N–H and O–H groups in total. The lowest BCUT2D eigenvalue weighted by Gasteiger charge is -2.38. The highest BCUT2D eigenvalue weighted by atomic mass is 16.6. The summed E-state index contributed by atoms with van der Waals surface area (Å²) in [5.41, 5.74) is 1.07. The molecule has 1 fully saturated rings. The predicted octanol–water partition coefficient (Wildman–Crippen LogP) is 1.78. The molecule has 1 saturated heterocycles. The van der Waals surface area contributed by atoms with E-state index >= 15 is 0 Å². The first-order chi connectivity index (χ1) is 9.47. The molecule has 1 aliphatic rings. The Morgan fingerprint density at radius 1 is 1.40 bits per heavy atom. The van der Waals surface area contributed by atoms with Crippen LogP contribution in [0.25, 0.3) is 0 Å². The van der Waals surface area contributed by atoms with Gasteiger partial charge in [-0.25, -0.2) is 4.79 Å². The van der Waals surface area contributed by atoms with Gasteiger partial charge in [-0.2, -0.15) is 0 Å². The summed E-state index contributed by atoms with van der Waals surface area (Å²) in [5.74, 6) is 0. The summed E-state index contributed by atoms with van der Waals surface area (Å²) in [6.45, 7) is 4.40. The summed E-state index contributed by atoms with van der Waals surface area (Å²) >= 11 is 0. The van der Waals surface area contributed by atoms with Gasteiger partial charge < -0.3 is 10.0 Å². The van der Waals surface area contributed by atoms with Crippen molar-refractivity contribution >= 4 is 11.8 Å². The zero-order valence-corrected chi connectivity index (χ0v) is 11.2. The van der Waals surface area contributed by atoms with Crippen molar-refractivity contribution in [3.63, 3.8) is 0 Å². The van der Waals surface area contributed by atoms with E-state index in [1.54, 1.807) is 12.1 Å². The largest absolute Gasteiger partial charge is 0.465 e. The second-order valence-corrected chi connectivity index (χ2v) is 4.98. The van der Waals surface area contributed by atoms with Crippen LogP contribution >= 0.6 is 0 Å². The number of rotatable bonds is 3. The van der Waals surface area contributed by atoms with Crippen molar-refractivity contribution in [3.8, 4) is 0 Å². The molecule has 0 spiro atoms. The number of nitrogens with zero attached hydrogens (tertiary/aromatic N) is 3. The van der Waals surface area contributed by atoms with Crippen molar-refractivity contribution < 1.29 is 14.8 Å². The fraction of sp³-hybridized carbons (Fsp3) is 0.462. The number of piperazine rings is 1. The van der Waals surface area contributed by atoms with Gasteiger partial charge in [0.25, 0.3) is 5.69 Å². The van der Waals surface area contributed by atoms with Crippen LogP contribution in [0.15, 0.2) is 24.3 Å². The van der Waals surface area contributed by atoms with Crippen LogP contribution in [0.5, 0.6) is 0 Å². The predicted molar refractivity (Wildman–Crippen MR) is 72.6 cm³/mol. The summed E-state index contributed by atoms with van der Waals surface area (Å²) in [7, 11) is 0. The van der Waals surface area contributed by atoms with Gasteiger partial charge in [0.1, 0.15) is 0 Å². The lowest BCUT2D eigenvalue weighted by Crippen LogP contribution is -2.53. The minimum Gasteiger partial charge on any atom is -0.465 e. The molecule has 1 aliphatic heterocycles. The second-order valence-electron chi connectivity index (χ2n) is 4.98.